The number of rotatable bonds is 4. The molecular formula is C10H11ClF3NO. The third kappa shape index (κ3) is 3.90. The highest BCUT2D eigenvalue weighted by molar-refractivity contribution is 6.30. The third-order valence-electron chi connectivity index (χ3n) is 2.01. The molecule has 0 fully saturated rings. The van der Waals surface area contributed by atoms with Crippen molar-refractivity contribution in [2.45, 2.75) is 6.18 Å². The van der Waals surface area contributed by atoms with Gasteiger partial charge in [-0.25, -0.2) is 0 Å². The minimum absolute atomic E-state index is 0.340. The lowest BCUT2D eigenvalue weighted by Gasteiger charge is -2.18. The Hall–Kier alpha value is -0.940. The van der Waals surface area contributed by atoms with Crippen LogP contribution in [0.2, 0.25) is 5.02 Å². The highest BCUT2D eigenvalue weighted by atomic mass is 35.5. The molecule has 1 unspecified atom stereocenters. The van der Waals surface area contributed by atoms with E-state index in [0.29, 0.717) is 10.8 Å². The maximum absolute atomic E-state index is 12.3. The lowest BCUT2D eigenvalue weighted by molar-refractivity contribution is -0.178. The Morgan fingerprint density at radius 3 is 2.25 bits per heavy atom. The van der Waals surface area contributed by atoms with E-state index in [1.807, 2.05) is 0 Å². The summed E-state index contributed by atoms with van der Waals surface area (Å²) in [4.78, 5) is 0. The topological polar surface area (TPSA) is 35.2 Å². The summed E-state index contributed by atoms with van der Waals surface area (Å²) >= 11 is 5.62. The Kier molecular flexibility index (Phi) is 4.44. The van der Waals surface area contributed by atoms with Crippen molar-refractivity contribution in [3.63, 3.8) is 0 Å². The number of hydrogen-bond donors (Lipinski definition) is 1. The SMILES string of the molecule is NCC(COc1ccc(Cl)cc1)C(F)(F)F. The van der Waals surface area contributed by atoms with Gasteiger partial charge < -0.3 is 10.5 Å². The average molecular weight is 254 g/mol. The van der Waals surface area contributed by atoms with Crippen molar-refractivity contribution < 1.29 is 17.9 Å². The van der Waals surface area contributed by atoms with Gasteiger partial charge in [0.05, 0.1) is 0 Å². The van der Waals surface area contributed by atoms with Crippen LogP contribution in [0.5, 0.6) is 5.75 Å². The van der Waals surface area contributed by atoms with Gasteiger partial charge in [0.15, 0.2) is 0 Å². The van der Waals surface area contributed by atoms with Crippen molar-refractivity contribution in [1.29, 1.82) is 0 Å². The highest BCUT2D eigenvalue weighted by Crippen LogP contribution is 2.26. The van der Waals surface area contributed by atoms with E-state index in [9.17, 15) is 13.2 Å². The number of nitrogens with two attached hydrogens (primary N) is 1. The van der Waals surface area contributed by atoms with Crippen molar-refractivity contribution in [1.82, 2.24) is 0 Å². The Morgan fingerprint density at radius 2 is 1.81 bits per heavy atom. The van der Waals surface area contributed by atoms with E-state index >= 15 is 0 Å². The van der Waals surface area contributed by atoms with Gasteiger partial charge in [0.25, 0.3) is 0 Å². The van der Waals surface area contributed by atoms with Gasteiger partial charge in [0.1, 0.15) is 18.3 Å². The van der Waals surface area contributed by atoms with Crippen LogP contribution in [0, 0.1) is 5.92 Å². The van der Waals surface area contributed by atoms with E-state index in [1.165, 1.54) is 12.1 Å². The molecule has 0 aromatic heterocycles. The van der Waals surface area contributed by atoms with E-state index in [2.05, 4.69) is 0 Å². The minimum Gasteiger partial charge on any atom is -0.493 e. The summed E-state index contributed by atoms with van der Waals surface area (Å²) in [6.07, 6.45) is -4.33. The average Bonchev–Trinajstić information content (AvgIpc) is 2.19. The molecule has 2 nitrogen and oxygen atoms in total. The fourth-order valence-electron chi connectivity index (χ4n) is 1.02. The second-order valence-electron chi connectivity index (χ2n) is 3.24. The largest absolute Gasteiger partial charge is 0.493 e. The highest BCUT2D eigenvalue weighted by Gasteiger charge is 2.39. The first-order chi connectivity index (χ1) is 7.43. The van der Waals surface area contributed by atoms with E-state index in [0.717, 1.165) is 0 Å². The van der Waals surface area contributed by atoms with Crippen LogP contribution in [-0.2, 0) is 0 Å². The molecule has 0 aliphatic carbocycles. The van der Waals surface area contributed by atoms with Crippen LogP contribution in [0.1, 0.15) is 0 Å². The Bertz CT molecular complexity index is 326. The van der Waals surface area contributed by atoms with E-state index in [4.69, 9.17) is 22.1 Å². The predicted molar refractivity (Wildman–Crippen MR) is 55.5 cm³/mol. The number of halogens is 4. The van der Waals surface area contributed by atoms with Crippen LogP contribution in [0.25, 0.3) is 0 Å². The summed E-state index contributed by atoms with van der Waals surface area (Å²) in [7, 11) is 0. The molecular weight excluding hydrogens is 243 g/mol. The summed E-state index contributed by atoms with van der Waals surface area (Å²) in [6.45, 7) is -0.973. The zero-order valence-electron chi connectivity index (χ0n) is 8.30. The molecule has 0 bridgehead atoms. The molecule has 16 heavy (non-hydrogen) atoms. The van der Waals surface area contributed by atoms with Crippen molar-refractivity contribution in [2.75, 3.05) is 13.2 Å². The monoisotopic (exact) mass is 253 g/mol. The third-order valence-corrected chi connectivity index (χ3v) is 2.26. The molecule has 2 N–H and O–H groups in total. The van der Waals surface area contributed by atoms with Crippen LogP contribution in [0.15, 0.2) is 24.3 Å². The summed E-state index contributed by atoms with van der Waals surface area (Å²) in [5, 5.41) is 0.499. The molecule has 0 spiro atoms. The van der Waals surface area contributed by atoms with Crippen LogP contribution in [0.3, 0.4) is 0 Å². The normalized spacial score (nSPS) is 13.6. The first kappa shape index (κ1) is 13.1. The molecule has 0 saturated heterocycles. The van der Waals surface area contributed by atoms with Crippen molar-refractivity contribution >= 4 is 11.6 Å². The fourth-order valence-corrected chi connectivity index (χ4v) is 1.15. The predicted octanol–water partition coefficient (Wildman–Crippen LogP) is 2.86. The summed E-state index contributed by atoms with van der Waals surface area (Å²) in [5.74, 6) is -1.31. The lowest BCUT2D eigenvalue weighted by atomic mass is 10.1. The molecule has 0 radical (unpaired) electrons. The van der Waals surface area contributed by atoms with Crippen molar-refractivity contribution in [3.8, 4) is 5.75 Å². The zero-order chi connectivity index (χ0) is 12.2. The second-order valence-corrected chi connectivity index (χ2v) is 3.68. The number of alkyl halides is 3. The Morgan fingerprint density at radius 1 is 1.25 bits per heavy atom. The molecule has 1 aromatic rings. The summed E-state index contributed by atoms with van der Waals surface area (Å²) in [5.41, 5.74) is 5.03. The van der Waals surface area contributed by atoms with E-state index < -0.39 is 25.2 Å². The quantitative estimate of drug-likeness (QED) is 0.896. The molecule has 0 heterocycles. The number of ether oxygens (including phenoxy) is 1. The number of benzene rings is 1. The van der Waals surface area contributed by atoms with Crippen LogP contribution in [-0.4, -0.2) is 19.3 Å². The lowest BCUT2D eigenvalue weighted by Crippen LogP contribution is -2.34. The molecule has 90 valence electrons. The van der Waals surface area contributed by atoms with E-state index in [-0.39, 0.29) is 0 Å². The fraction of sp³-hybridized carbons (Fsp3) is 0.400. The van der Waals surface area contributed by atoms with Crippen molar-refractivity contribution in [3.05, 3.63) is 29.3 Å². The Balaban J connectivity index is 2.53. The molecule has 0 aliphatic heterocycles. The van der Waals surface area contributed by atoms with Crippen LogP contribution < -0.4 is 10.5 Å². The standard InChI is InChI=1S/C10H11ClF3NO/c11-8-1-3-9(4-2-8)16-6-7(5-15)10(12,13)14/h1-4,7H,5-6,15H2. The number of hydrogen-bond acceptors (Lipinski definition) is 2. The molecule has 1 rings (SSSR count). The van der Waals surface area contributed by atoms with Gasteiger partial charge in [0.2, 0.25) is 0 Å². The summed E-state index contributed by atoms with van der Waals surface area (Å²) < 4.78 is 41.9. The minimum atomic E-state index is -4.33. The molecule has 0 saturated carbocycles. The maximum Gasteiger partial charge on any atom is 0.396 e. The Labute approximate surface area is 96.1 Å². The smallest absolute Gasteiger partial charge is 0.396 e. The van der Waals surface area contributed by atoms with Gasteiger partial charge in [0, 0.05) is 11.6 Å². The molecule has 0 amide bonds. The molecule has 0 aliphatic rings. The second kappa shape index (κ2) is 5.41. The van der Waals surface area contributed by atoms with Gasteiger partial charge in [-0.2, -0.15) is 13.2 Å². The zero-order valence-corrected chi connectivity index (χ0v) is 9.05. The van der Waals surface area contributed by atoms with Gasteiger partial charge in [-0.15, -0.1) is 0 Å². The molecule has 1 aromatic carbocycles. The van der Waals surface area contributed by atoms with Crippen LogP contribution in [0.4, 0.5) is 13.2 Å². The van der Waals surface area contributed by atoms with Gasteiger partial charge in [-0.05, 0) is 24.3 Å². The maximum atomic E-state index is 12.3. The molecule has 6 heteroatoms. The first-order valence-corrected chi connectivity index (χ1v) is 4.96. The van der Waals surface area contributed by atoms with E-state index in [1.54, 1.807) is 12.1 Å². The van der Waals surface area contributed by atoms with Gasteiger partial charge >= 0.3 is 6.18 Å². The summed E-state index contributed by atoms with van der Waals surface area (Å²) in [6, 6.07) is 6.10. The van der Waals surface area contributed by atoms with Crippen molar-refractivity contribution in [2.24, 2.45) is 11.7 Å². The van der Waals surface area contributed by atoms with Gasteiger partial charge in [-0.1, -0.05) is 11.6 Å². The molecule has 1 atom stereocenters. The van der Waals surface area contributed by atoms with Crippen LogP contribution >= 0.6 is 11.6 Å². The van der Waals surface area contributed by atoms with Gasteiger partial charge in [-0.3, -0.25) is 0 Å². The first-order valence-electron chi connectivity index (χ1n) is 4.58.